The summed E-state index contributed by atoms with van der Waals surface area (Å²) < 4.78 is 5.26. The molecule has 2 heterocycles. The summed E-state index contributed by atoms with van der Waals surface area (Å²) in [6, 6.07) is 0. The average molecular weight is 306 g/mol. The first-order valence-corrected chi connectivity index (χ1v) is 8.35. The molecule has 1 aromatic heterocycles. The Morgan fingerprint density at radius 2 is 2.05 bits per heavy atom. The number of carbonyl (C=O) groups excluding carboxylic acids is 1. The van der Waals surface area contributed by atoms with E-state index in [2.05, 4.69) is 10.1 Å². The second-order valence-electron chi connectivity index (χ2n) is 7.08. The Morgan fingerprint density at radius 1 is 1.32 bits per heavy atom. The number of carbonyl (C=O) groups is 1. The maximum atomic E-state index is 12.8. The minimum absolute atomic E-state index is 0.0246. The van der Waals surface area contributed by atoms with Crippen molar-refractivity contribution < 1.29 is 9.32 Å². The van der Waals surface area contributed by atoms with Crippen LogP contribution in [0.2, 0.25) is 0 Å². The summed E-state index contributed by atoms with van der Waals surface area (Å²) in [5.74, 6) is 1.88. The first-order valence-electron chi connectivity index (χ1n) is 8.35. The maximum Gasteiger partial charge on any atom is 0.229 e. The molecule has 2 aliphatic rings. The van der Waals surface area contributed by atoms with Crippen LogP contribution in [0.3, 0.4) is 0 Å². The van der Waals surface area contributed by atoms with E-state index in [0.717, 1.165) is 51.6 Å². The van der Waals surface area contributed by atoms with Gasteiger partial charge in [0.2, 0.25) is 11.8 Å². The molecule has 2 fully saturated rings. The molecule has 6 nitrogen and oxygen atoms in total. The highest BCUT2D eigenvalue weighted by molar-refractivity contribution is 5.80. The predicted octanol–water partition coefficient (Wildman–Crippen LogP) is 1.99. The van der Waals surface area contributed by atoms with E-state index in [1.807, 2.05) is 18.7 Å². The van der Waals surface area contributed by atoms with Gasteiger partial charge in [-0.05, 0) is 39.5 Å². The number of rotatable bonds is 2. The second-order valence-corrected chi connectivity index (χ2v) is 7.08. The molecule has 0 bridgehead atoms. The molecule has 1 aromatic rings. The van der Waals surface area contributed by atoms with E-state index in [9.17, 15) is 4.79 Å². The third-order valence-electron chi connectivity index (χ3n) is 5.25. The lowest BCUT2D eigenvalue weighted by Gasteiger charge is -2.41. The van der Waals surface area contributed by atoms with Gasteiger partial charge in [-0.2, -0.15) is 4.98 Å². The van der Waals surface area contributed by atoms with Crippen LogP contribution in [0.25, 0.3) is 0 Å². The summed E-state index contributed by atoms with van der Waals surface area (Å²) in [5.41, 5.74) is 6.02. The normalized spacial score (nSPS) is 30.5. The third-order valence-corrected chi connectivity index (χ3v) is 5.25. The quantitative estimate of drug-likeness (QED) is 0.903. The molecule has 22 heavy (non-hydrogen) atoms. The van der Waals surface area contributed by atoms with Gasteiger partial charge < -0.3 is 15.2 Å². The molecule has 2 unspecified atom stereocenters. The van der Waals surface area contributed by atoms with Crippen molar-refractivity contribution in [2.24, 2.45) is 11.7 Å². The van der Waals surface area contributed by atoms with Crippen molar-refractivity contribution in [3.8, 4) is 0 Å². The van der Waals surface area contributed by atoms with Crippen molar-refractivity contribution in [3.63, 3.8) is 0 Å². The van der Waals surface area contributed by atoms with Crippen molar-refractivity contribution in [1.29, 1.82) is 0 Å². The molecular weight excluding hydrogens is 280 g/mol. The molecule has 2 atom stereocenters. The molecule has 1 amide bonds. The average Bonchev–Trinajstić information content (AvgIpc) is 2.93. The Labute approximate surface area is 131 Å². The van der Waals surface area contributed by atoms with Crippen LogP contribution in [0.1, 0.15) is 63.1 Å². The lowest BCUT2D eigenvalue weighted by Crippen LogP contribution is -2.54. The lowest BCUT2D eigenvalue weighted by molar-refractivity contribution is -0.140. The molecule has 1 aliphatic carbocycles. The van der Waals surface area contributed by atoms with Gasteiger partial charge in [0.1, 0.15) is 0 Å². The second kappa shape index (κ2) is 5.99. The summed E-state index contributed by atoms with van der Waals surface area (Å²) in [6.07, 6.45) is 5.90. The third kappa shape index (κ3) is 3.02. The van der Waals surface area contributed by atoms with E-state index in [1.165, 1.54) is 0 Å². The topological polar surface area (TPSA) is 85.2 Å². The standard InChI is InChI=1S/C16H26N4O2/c1-11-18-14(22-19-11)12-6-9-20(10-7-12)15(21)13-5-3-4-8-16(13,2)17/h12-13H,3-10,17H2,1-2H3. The number of nitrogens with two attached hydrogens (primary N) is 1. The van der Waals surface area contributed by atoms with E-state index in [1.54, 1.807) is 0 Å². The zero-order valence-corrected chi connectivity index (χ0v) is 13.5. The van der Waals surface area contributed by atoms with Crippen LogP contribution in [0.15, 0.2) is 4.52 Å². The molecule has 2 N–H and O–H groups in total. The fourth-order valence-corrected chi connectivity index (χ4v) is 3.81. The summed E-state index contributed by atoms with van der Waals surface area (Å²) in [4.78, 5) is 19.1. The molecule has 0 spiro atoms. The lowest BCUT2D eigenvalue weighted by atomic mass is 9.73. The van der Waals surface area contributed by atoms with Crippen LogP contribution in [0.4, 0.5) is 0 Å². The van der Waals surface area contributed by atoms with Crippen LogP contribution in [-0.2, 0) is 4.79 Å². The minimum Gasteiger partial charge on any atom is -0.342 e. The summed E-state index contributed by atoms with van der Waals surface area (Å²) in [5, 5.41) is 3.86. The first-order chi connectivity index (χ1) is 10.5. The zero-order valence-electron chi connectivity index (χ0n) is 13.5. The Hall–Kier alpha value is -1.43. The number of aryl methyl sites for hydroxylation is 1. The van der Waals surface area contributed by atoms with Crippen molar-refractivity contribution in [2.45, 2.75) is 63.8 Å². The van der Waals surface area contributed by atoms with E-state index in [-0.39, 0.29) is 23.3 Å². The van der Waals surface area contributed by atoms with Crippen LogP contribution >= 0.6 is 0 Å². The van der Waals surface area contributed by atoms with Gasteiger partial charge in [-0.25, -0.2) is 0 Å². The number of likely N-dealkylation sites (tertiary alicyclic amines) is 1. The smallest absolute Gasteiger partial charge is 0.229 e. The van der Waals surface area contributed by atoms with Crippen molar-refractivity contribution in [3.05, 3.63) is 11.7 Å². The number of hydrogen-bond acceptors (Lipinski definition) is 5. The predicted molar refractivity (Wildman–Crippen MR) is 82.1 cm³/mol. The Morgan fingerprint density at radius 3 is 2.64 bits per heavy atom. The largest absolute Gasteiger partial charge is 0.342 e. The first kappa shape index (κ1) is 15.5. The maximum absolute atomic E-state index is 12.8. The number of amides is 1. The molecule has 1 aliphatic heterocycles. The fourth-order valence-electron chi connectivity index (χ4n) is 3.81. The molecule has 122 valence electrons. The van der Waals surface area contributed by atoms with E-state index in [0.29, 0.717) is 11.7 Å². The molecule has 1 saturated carbocycles. The number of piperidine rings is 1. The zero-order chi connectivity index (χ0) is 15.7. The molecule has 3 rings (SSSR count). The fraction of sp³-hybridized carbons (Fsp3) is 0.812. The number of hydrogen-bond donors (Lipinski definition) is 1. The van der Waals surface area contributed by atoms with Gasteiger partial charge in [-0.1, -0.05) is 18.0 Å². The highest BCUT2D eigenvalue weighted by Crippen LogP contribution is 2.34. The van der Waals surface area contributed by atoms with Crippen molar-refractivity contribution in [2.75, 3.05) is 13.1 Å². The van der Waals surface area contributed by atoms with Gasteiger partial charge in [0.05, 0.1) is 5.92 Å². The van der Waals surface area contributed by atoms with Gasteiger partial charge in [0.25, 0.3) is 0 Å². The van der Waals surface area contributed by atoms with Gasteiger partial charge >= 0.3 is 0 Å². The van der Waals surface area contributed by atoms with Crippen LogP contribution in [0, 0.1) is 12.8 Å². The van der Waals surface area contributed by atoms with E-state index < -0.39 is 0 Å². The SMILES string of the molecule is Cc1noc(C2CCN(C(=O)C3CCCCC3(C)N)CC2)n1. The summed E-state index contributed by atoms with van der Waals surface area (Å²) in [6.45, 7) is 5.38. The highest BCUT2D eigenvalue weighted by atomic mass is 16.5. The van der Waals surface area contributed by atoms with Crippen LogP contribution in [-0.4, -0.2) is 39.6 Å². The van der Waals surface area contributed by atoms with Gasteiger partial charge in [0, 0.05) is 24.5 Å². The van der Waals surface area contributed by atoms with Crippen LogP contribution in [0.5, 0.6) is 0 Å². The van der Waals surface area contributed by atoms with Gasteiger partial charge in [-0.3, -0.25) is 4.79 Å². The Bertz CT molecular complexity index is 532. The van der Waals surface area contributed by atoms with Gasteiger partial charge in [0.15, 0.2) is 5.82 Å². The minimum atomic E-state index is -0.351. The Balaban J connectivity index is 1.60. The molecule has 6 heteroatoms. The molecule has 0 aromatic carbocycles. The molecule has 0 radical (unpaired) electrons. The summed E-state index contributed by atoms with van der Waals surface area (Å²) >= 11 is 0. The highest BCUT2D eigenvalue weighted by Gasteiger charge is 2.40. The van der Waals surface area contributed by atoms with E-state index >= 15 is 0 Å². The number of nitrogens with zero attached hydrogens (tertiary/aromatic N) is 3. The number of aromatic nitrogens is 2. The molecule has 1 saturated heterocycles. The molecular formula is C16H26N4O2. The van der Waals surface area contributed by atoms with Crippen molar-refractivity contribution in [1.82, 2.24) is 15.0 Å². The van der Waals surface area contributed by atoms with Gasteiger partial charge in [-0.15, -0.1) is 0 Å². The van der Waals surface area contributed by atoms with Crippen LogP contribution < -0.4 is 5.73 Å². The monoisotopic (exact) mass is 306 g/mol. The van der Waals surface area contributed by atoms with Crippen molar-refractivity contribution >= 4 is 5.91 Å². The summed E-state index contributed by atoms with van der Waals surface area (Å²) in [7, 11) is 0. The Kier molecular flexibility index (Phi) is 4.21. The van der Waals surface area contributed by atoms with E-state index in [4.69, 9.17) is 10.3 Å².